The maximum absolute atomic E-state index is 5.91. The third-order valence-corrected chi connectivity index (χ3v) is 2.94. The maximum atomic E-state index is 5.91. The van der Waals surface area contributed by atoms with Gasteiger partial charge in [-0.2, -0.15) is 0 Å². The Balaban J connectivity index is 2.35. The second-order valence-corrected chi connectivity index (χ2v) is 6.44. The molecule has 0 aliphatic rings. The van der Waals surface area contributed by atoms with Gasteiger partial charge < -0.3 is 10.5 Å². The van der Waals surface area contributed by atoms with Crippen LogP contribution < -0.4 is 10.5 Å². The van der Waals surface area contributed by atoms with Crippen molar-refractivity contribution in [1.82, 2.24) is 9.97 Å². The normalized spacial score (nSPS) is 11.7. The molecule has 0 radical (unpaired) electrons. The van der Waals surface area contributed by atoms with Crippen LogP contribution in [0.4, 0.5) is 5.82 Å². The number of anilines is 1. The van der Waals surface area contributed by atoms with Gasteiger partial charge in [0.25, 0.3) is 0 Å². The summed E-state index contributed by atoms with van der Waals surface area (Å²) < 4.78 is 5.65. The van der Waals surface area contributed by atoms with Crippen molar-refractivity contribution in [1.29, 1.82) is 0 Å². The standard InChI is InChI=1S/C17H23N3O/c1-11(2)21-13-8-6-12(7-9-13)14-10-15(18)20-16(19-14)17(3,4)5/h6-11H,1-5H3,(H2,18,19,20). The van der Waals surface area contributed by atoms with Crippen LogP contribution in [0, 0.1) is 0 Å². The van der Waals surface area contributed by atoms with E-state index in [1.807, 2.05) is 38.1 Å². The lowest BCUT2D eigenvalue weighted by molar-refractivity contribution is 0.242. The summed E-state index contributed by atoms with van der Waals surface area (Å²) in [5, 5.41) is 0. The van der Waals surface area contributed by atoms with Crippen LogP contribution in [0.25, 0.3) is 11.3 Å². The Bertz CT molecular complexity index is 613. The minimum atomic E-state index is -0.134. The molecule has 4 heteroatoms. The largest absolute Gasteiger partial charge is 0.491 e. The zero-order valence-corrected chi connectivity index (χ0v) is 13.3. The van der Waals surface area contributed by atoms with Gasteiger partial charge in [-0.1, -0.05) is 20.8 Å². The van der Waals surface area contributed by atoms with E-state index in [4.69, 9.17) is 10.5 Å². The molecule has 21 heavy (non-hydrogen) atoms. The summed E-state index contributed by atoms with van der Waals surface area (Å²) >= 11 is 0. The summed E-state index contributed by atoms with van der Waals surface area (Å²) in [4.78, 5) is 8.96. The zero-order valence-electron chi connectivity index (χ0n) is 13.3. The van der Waals surface area contributed by atoms with Crippen molar-refractivity contribution in [3.05, 3.63) is 36.2 Å². The molecule has 0 saturated carbocycles. The smallest absolute Gasteiger partial charge is 0.136 e. The first kappa shape index (κ1) is 15.3. The minimum absolute atomic E-state index is 0.134. The molecule has 112 valence electrons. The number of nitrogens with two attached hydrogens (primary N) is 1. The van der Waals surface area contributed by atoms with Gasteiger partial charge in [0.2, 0.25) is 0 Å². The third-order valence-electron chi connectivity index (χ3n) is 2.94. The number of nitrogen functional groups attached to an aromatic ring is 1. The van der Waals surface area contributed by atoms with Crippen molar-refractivity contribution in [3.8, 4) is 17.0 Å². The van der Waals surface area contributed by atoms with Gasteiger partial charge in [-0.15, -0.1) is 0 Å². The van der Waals surface area contributed by atoms with E-state index in [1.165, 1.54) is 0 Å². The minimum Gasteiger partial charge on any atom is -0.491 e. The molecular formula is C17H23N3O. The maximum Gasteiger partial charge on any atom is 0.136 e. The van der Waals surface area contributed by atoms with Gasteiger partial charge in [0, 0.05) is 17.0 Å². The lowest BCUT2D eigenvalue weighted by Crippen LogP contribution is -2.17. The highest BCUT2D eigenvalue weighted by Gasteiger charge is 2.19. The van der Waals surface area contributed by atoms with E-state index in [0.717, 1.165) is 22.8 Å². The molecule has 2 rings (SSSR count). The van der Waals surface area contributed by atoms with Crippen molar-refractivity contribution in [2.75, 3.05) is 5.73 Å². The number of rotatable bonds is 3. The van der Waals surface area contributed by atoms with E-state index < -0.39 is 0 Å². The number of aromatic nitrogens is 2. The summed E-state index contributed by atoms with van der Waals surface area (Å²) in [7, 11) is 0. The van der Waals surface area contributed by atoms with Crippen LogP contribution in [0.5, 0.6) is 5.75 Å². The first-order valence-corrected chi connectivity index (χ1v) is 7.18. The molecule has 2 N–H and O–H groups in total. The SMILES string of the molecule is CC(C)Oc1ccc(-c2cc(N)nc(C(C)(C)C)n2)cc1. The Kier molecular flexibility index (Phi) is 4.16. The number of nitrogens with zero attached hydrogens (tertiary/aromatic N) is 2. The molecule has 0 aliphatic heterocycles. The number of ether oxygens (including phenoxy) is 1. The van der Waals surface area contributed by atoms with E-state index in [2.05, 4.69) is 30.7 Å². The highest BCUT2D eigenvalue weighted by molar-refractivity contribution is 5.62. The molecule has 0 spiro atoms. The molecule has 1 aromatic carbocycles. The molecule has 0 saturated heterocycles. The summed E-state index contributed by atoms with van der Waals surface area (Å²) in [6.45, 7) is 10.2. The highest BCUT2D eigenvalue weighted by Crippen LogP contribution is 2.26. The van der Waals surface area contributed by atoms with Crippen LogP contribution in [0.2, 0.25) is 0 Å². The van der Waals surface area contributed by atoms with Crippen LogP contribution in [-0.2, 0) is 5.41 Å². The van der Waals surface area contributed by atoms with Gasteiger partial charge in [0.15, 0.2) is 0 Å². The predicted molar refractivity (Wildman–Crippen MR) is 86.3 cm³/mol. The molecule has 0 bridgehead atoms. The molecule has 4 nitrogen and oxygen atoms in total. The molecule has 0 amide bonds. The van der Waals surface area contributed by atoms with E-state index in [-0.39, 0.29) is 11.5 Å². The molecule has 0 unspecified atom stereocenters. The molecule has 0 atom stereocenters. The van der Waals surface area contributed by atoms with E-state index >= 15 is 0 Å². The van der Waals surface area contributed by atoms with Gasteiger partial charge in [0.1, 0.15) is 17.4 Å². The van der Waals surface area contributed by atoms with Gasteiger partial charge in [-0.25, -0.2) is 9.97 Å². The fourth-order valence-corrected chi connectivity index (χ4v) is 1.93. The molecular weight excluding hydrogens is 262 g/mol. The summed E-state index contributed by atoms with van der Waals surface area (Å²) in [5.74, 6) is 2.10. The van der Waals surface area contributed by atoms with Gasteiger partial charge >= 0.3 is 0 Å². The first-order valence-electron chi connectivity index (χ1n) is 7.18. The summed E-state index contributed by atoms with van der Waals surface area (Å²) in [5.41, 5.74) is 7.62. The molecule has 0 fully saturated rings. The fourth-order valence-electron chi connectivity index (χ4n) is 1.93. The lowest BCUT2D eigenvalue weighted by atomic mass is 9.95. The van der Waals surface area contributed by atoms with E-state index in [9.17, 15) is 0 Å². The monoisotopic (exact) mass is 285 g/mol. The van der Waals surface area contributed by atoms with Crippen LogP contribution in [0.1, 0.15) is 40.4 Å². The van der Waals surface area contributed by atoms with Crippen LogP contribution in [0.15, 0.2) is 30.3 Å². The van der Waals surface area contributed by atoms with Crippen LogP contribution in [0.3, 0.4) is 0 Å². The summed E-state index contributed by atoms with van der Waals surface area (Å²) in [6, 6.07) is 9.68. The Morgan fingerprint density at radius 2 is 1.67 bits per heavy atom. The van der Waals surface area contributed by atoms with Crippen LogP contribution in [-0.4, -0.2) is 16.1 Å². The second kappa shape index (κ2) is 5.72. The van der Waals surface area contributed by atoms with Gasteiger partial charge in [-0.05, 0) is 38.1 Å². The van der Waals surface area contributed by atoms with Gasteiger partial charge in [0.05, 0.1) is 11.8 Å². The van der Waals surface area contributed by atoms with Crippen molar-refractivity contribution in [2.24, 2.45) is 0 Å². The Morgan fingerprint density at radius 3 is 2.19 bits per heavy atom. The van der Waals surface area contributed by atoms with Crippen molar-refractivity contribution < 1.29 is 4.74 Å². The van der Waals surface area contributed by atoms with Gasteiger partial charge in [-0.3, -0.25) is 0 Å². The molecule has 2 aromatic rings. The fraction of sp³-hybridized carbons (Fsp3) is 0.412. The zero-order chi connectivity index (χ0) is 15.6. The number of hydrogen-bond donors (Lipinski definition) is 1. The average Bonchev–Trinajstić information content (AvgIpc) is 2.37. The second-order valence-electron chi connectivity index (χ2n) is 6.44. The number of benzene rings is 1. The average molecular weight is 285 g/mol. The van der Waals surface area contributed by atoms with E-state index in [0.29, 0.717) is 5.82 Å². The molecule has 0 aliphatic carbocycles. The topological polar surface area (TPSA) is 61.0 Å². The summed E-state index contributed by atoms with van der Waals surface area (Å²) in [6.07, 6.45) is 0.165. The van der Waals surface area contributed by atoms with E-state index in [1.54, 1.807) is 6.07 Å². The van der Waals surface area contributed by atoms with Crippen LogP contribution >= 0.6 is 0 Å². The Hall–Kier alpha value is -2.10. The first-order chi connectivity index (χ1) is 9.75. The Labute approximate surface area is 126 Å². The highest BCUT2D eigenvalue weighted by atomic mass is 16.5. The quantitative estimate of drug-likeness (QED) is 0.931. The lowest BCUT2D eigenvalue weighted by Gasteiger charge is -2.18. The predicted octanol–water partition coefficient (Wildman–Crippen LogP) is 3.81. The number of hydrogen-bond acceptors (Lipinski definition) is 4. The van der Waals surface area contributed by atoms with Crippen molar-refractivity contribution >= 4 is 5.82 Å². The third kappa shape index (κ3) is 3.94. The molecule has 1 aromatic heterocycles. The molecule has 1 heterocycles. The van der Waals surface area contributed by atoms with Crippen molar-refractivity contribution in [2.45, 2.75) is 46.1 Å². The Morgan fingerprint density at radius 1 is 1.05 bits per heavy atom. The van der Waals surface area contributed by atoms with Crippen molar-refractivity contribution in [3.63, 3.8) is 0 Å².